The molecule has 0 aliphatic carbocycles. The summed E-state index contributed by atoms with van der Waals surface area (Å²) in [6.07, 6.45) is 0. The summed E-state index contributed by atoms with van der Waals surface area (Å²) in [6.45, 7) is 1.05. The Balaban J connectivity index is 0. The fourth-order valence-electron chi connectivity index (χ4n) is 0. The summed E-state index contributed by atoms with van der Waals surface area (Å²) >= 11 is 10.8. The second-order valence-corrected chi connectivity index (χ2v) is 5.94. The number of halogens is 2. The molecule has 0 aromatic heterocycles. The van der Waals surface area contributed by atoms with Gasteiger partial charge in [-0.2, -0.15) is 6.92 Å². The Morgan fingerprint density at radius 3 is 1.71 bits per heavy atom. The van der Waals surface area contributed by atoms with E-state index in [1.165, 1.54) is 0 Å². The molecular weight excluding hydrogens is 248 g/mol. The van der Waals surface area contributed by atoms with Gasteiger partial charge in [0.25, 0.3) is 0 Å². The molecule has 0 nitrogen and oxygen atoms in total. The van der Waals surface area contributed by atoms with Crippen LogP contribution < -0.4 is 0 Å². The van der Waals surface area contributed by atoms with Crippen LogP contribution in [-0.2, 0) is 26.2 Å². The summed E-state index contributed by atoms with van der Waals surface area (Å²) in [5.41, 5.74) is 0. The molecule has 5 heteroatoms. The van der Waals surface area contributed by atoms with Gasteiger partial charge < -0.3 is 0 Å². The molecule has 0 spiro atoms. The largest absolute Gasteiger partial charge is 2.00 e. The fourth-order valence-corrected chi connectivity index (χ4v) is 0. The van der Waals surface area contributed by atoms with E-state index in [0.717, 1.165) is 5.40 Å². The second-order valence-electron chi connectivity index (χ2n) is 0.874. The smallest absolute Gasteiger partial charge is 0.290 e. The summed E-state index contributed by atoms with van der Waals surface area (Å²) in [7, 11) is 2.45. The molecule has 0 rings (SSSR count). The standard InChI is InChI=1S/C2H5Cl2P2.Zr/c1-2(5)6(3)4;/h5H2,1H3;/q-1;+2. The molecule has 0 aromatic rings. The summed E-state index contributed by atoms with van der Waals surface area (Å²) in [5, 5.41) is 1.02. The Morgan fingerprint density at radius 1 is 1.57 bits per heavy atom. The molecule has 7 heavy (non-hydrogen) atoms. The van der Waals surface area contributed by atoms with E-state index >= 15 is 0 Å². The first-order valence-corrected chi connectivity index (χ1v) is 5.08. The topological polar surface area (TPSA) is 0 Å². The summed E-state index contributed by atoms with van der Waals surface area (Å²) in [5.74, 6) is 0. The molecule has 40 valence electrons. The molecule has 0 aliphatic rings. The molecule has 0 amide bonds. The molecule has 1 atom stereocenters. The van der Waals surface area contributed by atoms with Gasteiger partial charge in [0.05, 0.1) is 0 Å². The molecule has 0 saturated heterocycles. The zero-order chi connectivity index (χ0) is 5.15. The van der Waals surface area contributed by atoms with Crippen molar-refractivity contribution in [3.8, 4) is 0 Å². The van der Waals surface area contributed by atoms with Gasteiger partial charge in [0, 0.05) is 0 Å². The Hall–Kier alpha value is 2.32. The minimum Gasteiger partial charge on any atom is -0.290 e. The Bertz CT molecular complexity index is 34.7. The van der Waals surface area contributed by atoms with Crippen LogP contribution in [0.15, 0.2) is 0 Å². The van der Waals surface area contributed by atoms with E-state index in [1.54, 1.807) is 0 Å². The summed E-state index contributed by atoms with van der Waals surface area (Å²) in [4.78, 5) is 0. The molecule has 0 aromatic carbocycles. The van der Waals surface area contributed by atoms with Crippen molar-refractivity contribution in [3.05, 3.63) is 5.40 Å². The van der Waals surface area contributed by atoms with Gasteiger partial charge in [-0.15, -0.1) is 22.5 Å². The third kappa shape index (κ3) is 8.32. The van der Waals surface area contributed by atoms with Crippen molar-refractivity contribution in [2.75, 3.05) is 0 Å². The predicted octanol–water partition coefficient (Wildman–Crippen LogP) is 3.16. The third-order valence-corrected chi connectivity index (χ3v) is 4.16. The average molecular weight is 253 g/mol. The van der Waals surface area contributed by atoms with Crippen LogP contribution in [0.4, 0.5) is 0 Å². The summed E-state index contributed by atoms with van der Waals surface area (Å²) in [6, 6.07) is 0. The van der Waals surface area contributed by atoms with Crippen LogP contribution in [-0.4, -0.2) is 0 Å². The first-order chi connectivity index (χ1) is 2.64. The number of hydrogen-bond acceptors (Lipinski definition) is 0. The minimum atomic E-state index is -0.835. The Labute approximate surface area is 76.4 Å². The number of rotatable bonds is 1. The SMILES string of the molecule is C[C-](P)P(Cl)Cl.[Zr+2]. The van der Waals surface area contributed by atoms with Crippen molar-refractivity contribution in [1.29, 1.82) is 0 Å². The Kier molecular flexibility index (Phi) is 11.1. The number of hydrogen-bond donors (Lipinski definition) is 0. The maximum Gasteiger partial charge on any atom is 2.00 e. The van der Waals surface area contributed by atoms with Crippen molar-refractivity contribution in [2.45, 2.75) is 6.92 Å². The van der Waals surface area contributed by atoms with Gasteiger partial charge in [-0.1, -0.05) is 6.63 Å². The molecule has 0 radical (unpaired) electrons. The maximum absolute atomic E-state index is 5.39. The van der Waals surface area contributed by atoms with Crippen molar-refractivity contribution < 1.29 is 26.2 Å². The molecule has 0 fully saturated rings. The quantitative estimate of drug-likeness (QED) is 0.497. The van der Waals surface area contributed by atoms with Gasteiger partial charge in [-0.05, 0) is 0 Å². The first-order valence-electron chi connectivity index (χ1n) is 1.35. The molecular formula is C2H5Cl2P2Zr+. The van der Waals surface area contributed by atoms with Crippen molar-refractivity contribution >= 4 is 38.3 Å². The molecule has 0 heterocycles. The zero-order valence-electron chi connectivity index (χ0n) is 3.78. The van der Waals surface area contributed by atoms with E-state index in [1.807, 2.05) is 6.92 Å². The third-order valence-electron chi connectivity index (χ3n) is 0.267. The van der Waals surface area contributed by atoms with E-state index in [2.05, 4.69) is 9.24 Å². The minimum absolute atomic E-state index is 0. The van der Waals surface area contributed by atoms with Crippen LogP contribution in [0.25, 0.3) is 0 Å². The van der Waals surface area contributed by atoms with Crippen molar-refractivity contribution in [1.82, 2.24) is 0 Å². The van der Waals surface area contributed by atoms with Gasteiger partial charge in [0.1, 0.15) is 0 Å². The van der Waals surface area contributed by atoms with Crippen LogP contribution in [0.2, 0.25) is 0 Å². The van der Waals surface area contributed by atoms with E-state index in [-0.39, 0.29) is 26.2 Å². The average Bonchev–Trinajstić information content (AvgIpc) is 1.36. The molecule has 0 aliphatic heterocycles. The van der Waals surface area contributed by atoms with Crippen LogP contribution in [0.5, 0.6) is 0 Å². The second kappa shape index (κ2) is 6.44. The molecule has 1 unspecified atom stereocenters. The van der Waals surface area contributed by atoms with Crippen LogP contribution in [0.3, 0.4) is 0 Å². The van der Waals surface area contributed by atoms with E-state index < -0.39 is 6.63 Å². The van der Waals surface area contributed by atoms with E-state index in [4.69, 9.17) is 22.5 Å². The molecule has 0 N–H and O–H groups in total. The maximum atomic E-state index is 5.39. The predicted molar refractivity (Wildman–Crippen MR) is 37.3 cm³/mol. The Morgan fingerprint density at radius 2 is 1.71 bits per heavy atom. The van der Waals surface area contributed by atoms with Crippen molar-refractivity contribution in [3.63, 3.8) is 0 Å². The zero-order valence-corrected chi connectivity index (χ0v) is 9.80. The van der Waals surface area contributed by atoms with Gasteiger partial charge in [-0.25, -0.2) is 5.40 Å². The monoisotopic (exact) mass is 251 g/mol. The van der Waals surface area contributed by atoms with Gasteiger partial charge in [0.15, 0.2) is 0 Å². The van der Waals surface area contributed by atoms with Gasteiger partial charge in [-0.3, -0.25) is 9.24 Å². The van der Waals surface area contributed by atoms with Gasteiger partial charge in [0.2, 0.25) is 0 Å². The summed E-state index contributed by atoms with van der Waals surface area (Å²) < 4.78 is 0. The first kappa shape index (κ1) is 12.0. The fraction of sp³-hybridized carbons (Fsp3) is 0.500. The van der Waals surface area contributed by atoms with Crippen LogP contribution >= 0.6 is 38.3 Å². The van der Waals surface area contributed by atoms with Crippen LogP contribution in [0, 0.1) is 5.40 Å². The van der Waals surface area contributed by atoms with Crippen molar-refractivity contribution in [2.24, 2.45) is 0 Å². The molecule has 0 saturated carbocycles. The molecule has 0 bridgehead atoms. The van der Waals surface area contributed by atoms with Gasteiger partial charge >= 0.3 is 26.2 Å². The normalized spacial score (nSPS) is 9.43. The van der Waals surface area contributed by atoms with Crippen LogP contribution in [0.1, 0.15) is 6.92 Å². The van der Waals surface area contributed by atoms with E-state index in [9.17, 15) is 0 Å². The van der Waals surface area contributed by atoms with E-state index in [0.29, 0.717) is 0 Å².